The molecule has 4 aliphatic rings. The Labute approximate surface area is 149 Å². The first-order chi connectivity index (χ1) is 11.3. The number of aliphatic hydroxyl groups is 1. The van der Waals surface area contributed by atoms with E-state index in [4.69, 9.17) is 0 Å². The first-order valence-corrected chi connectivity index (χ1v) is 9.57. The number of aliphatic hydroxyl groups excluding tert-OH is 1. The Morgan fingerprint density at radius 2 is 2.04 bits per heavy atom. The maximum atomic E-state index is 12.0. The van der Waals surface area contributed by atoms with Gasteiger partial charge in [0, 0.05) is 17.3 Å². The summed E-state index contributed by atoms with van der Waals surface area (Å²) in [4.78, 5) is 23.8. The molecule has 3 saturated carbocycles. The highest BCUT2D eigenvalue weighted by molar-refractivity contribution is 7.96. The molecule has 0 aromatic rings. The predicted molar refractivity (Wildman–Crippen MR) is 95.5 cm³/mol. The molecule has 7 atom stereocenters. The third kappa shape index (κ3) is 2.08. The summed E-state index contributed by atoms with van der Waals surface area (Å²) in [6.07, 6.45) is 9.60. The maximum Gasteiger partial charge on any atom is 0.189 e. The molecule has 24 heavy (non-hydrogen) atoms. The van der Waals surface area contributed by atoms with Gasteiger partial charge in [0.1, 0.15) is 0 Å². The van der Waals surface area contributed by atoms with Crippen molar-refractivity contribution in [2.75, 3.05) is 0 Å². The van der Waals surface area contributed by atoms with Crippen molar-refractivity contribution in [2.24, 2.45) is 34.5 Å². The first kappa shape index (κ1) is 16.6. The Hall–Kier alpha value is -0.870. The number of hydrogen-bond acceptors (Lipinski definition) is 3. The monoisotopic (exact) mass is 346 g/mol. The summed E-state index contributed by atoms with van der Waals surface area (Å²) in [6, 6.07) is 0. The molecule has 0 amide bonds. The van der Waals surface area contributed by atoms with E-state index in [1.165, 1.54) is 5.57 Å². The highest BCUT2D eigenvalue weighted by Gasteiger charge is 2.62. The molecule has 3 fully saturated rings. The number of hydrogen-bond donors (Lipinski definition) is 2. The molecule has 1 N–H and O–H groups in total. The van der Waals surface area contributed by atoms with Crippen molar-refractivity contribution < 1.29 is 14.7 Å². The number of allylic oxidation sites excluding steroid dienone is 4. The van der Waals surface area contributed by atoms with Crippen LogP contribution in [0.15, 0.2) is 23.8 Å². The van der Waals surface area contributed by atoms with E-state index in [9.17, 15) is 14.7 Å². The molecule has 4 rings (SSSR count). The van der Waals surface area contributed by atoms with E-state index in [0.29, 0.717) is 18.3 Å². The molecule has 0 aromatic heterocycles. The van der Waals surface area contributed by atoms with E-state index >= 15 is 0 Å². The lowest BCUT2D eigenvalue weighted by atomic mass is 9.47. The van der Waals surface area contributed by atoms with Crippen molar-refractivity contribution in [1.82, 2.24) is 0 Å². The lowest BCUT2D eigenvalue weighted by Crippen LogP contribution is -2.56. The quantitative estimate of drug-likeness (QED) is 0.716. The fraction of sp³-hybridized carbons (Fsp3) is 0.700. The summed E-state index contributed by atoms with van der Waals surface area (Å²) in [5.74, 6) is 1.06. The van der Waals surface area contributed by atoms with E-state index in [0.717, 1.165) is 25.7 Å². The van der Waals surface area contributed by atoms with Gasteiger partial charge in [-0.3, -0.25) is 9.59 Å². The van der Waals surface area contributed by atoms with Crippen LogP contribution in [0, 0.1) is 34.5 Å². The molecule has 0 spiro atoms. The molecule has 3 nitrogen and oxygen atoms in total. The number of rotatable bonds is 1. The molecule has 4 heteroatoms. The van der Waals surface area contributed by atoms with E-state index < -0.39 is 6.10 Å². The highest BCUT2D eigenvalue weighted by Crippen LogP contribution is 2.66. The van der Waals surface area contributed by atoms with Crippen LogP contribution in [0.1, 0.15) is 46.0 Å². The smallest absolute Gasteiger partial charge is 0.189 e. The van der Waals surface area contributed by atoms with Crippen LogP contribution in [-0.4, -0.2) is 22.1 Å². The number of ketones is 1. The van der Waals surface area contributed by atoms with E-state index in [1.807, 2.05) is 6.08 Å². The SMILES string of the molecule is CC12C=CC(=O)C=C1CCC1C2C(O)CC2(C)C(C(=O)S)CCC12. The zero-order valence-electron chi connectivity index (χ0n) is 14.4. The average molecular weight is 346 g/mol. The van der Waals surface area contributed by atoms with Gasteiger partial charge < -0.3 is 5.11 Å². The lowest BCUT2D eigenvalue weighted by molar-refractivity contribution is -0.132. The molecule has 0 radical (unpaired) electrons. The van der Waals surface area contributed by atoms with Gasteiger partial charge in [0.2, 0.25) is 0 Å². The van der Waals surface area contributed by atoms with Crippen LogP contribution in [0.5, 0.6) is 0 Å². The minimum absolute atomic E-state index is 0.0172. The van der Waals surface area contributed by atoms with Crippen molar-refractivity contribution in [3.8, 4) is 0 Å². The number of carbonyl (C=O) groups is 2. The molecule has 0 aliphatic heterocycles. The Kier molecular flexibility index (Phi) is 3.67. The molecule has 130 valence electrons. The Balaban J connectivity index is 1.74. The van der Waals surface area contributed by atoms with Crippen LogP contribution >= 0.6 is 12.6 Å². The van der Waals surface area contributed by atoms with Crippen LogP contribution in [0.2, 0.25) is 0 Å². The van der Waals surface area contributed by atoms with Crippen LogP contribution in [0.25, 0.3) is 0 Å². The van der Waals surface area contributed by atoms with Gasteiger partial charge in [0.25, 0.3) is 0 Å². The van der Waals surface area contributed by atoms with Crippen molar-refractivity contribution in [2.45, 2.75) is 52.1 Å². The fourth-order valence-electron chi connectivity index (χ4n) is 6.73. The summed E-state index contributed by atoms with van der Waals surface area (Å²) < 4.78 is 0. The Morgan fingerprint density at radius 1 is 1.29 bits per heavy atom. The van der Waals surface area contributed by atoms with Gasteiger partial charge in [0.15, 0.2) is 10.9 Å². The third-order valence-electron chi connectivity index (χ3n) is 7.79. The molecule has 0 heterocycles. The zero-order valence-corrected chi connectivity index (χ0v) is 15.3. The summed E-state index contributed by atoms with van der Waals surface area (Å²) in [5.41, 5.74) is 0.824. The minimum Gasteiger partial charge on any atom is -0.393 e. The summed E-state index contributed by atoms with van der Waals surface area (Å²) in [6.45, 7) is 4.37. The van der Waals surface area contributed by atoms with Crippen LogP contribution in [0.3, 0.4) is 0 Å². The van der Waals surface area contributed by atoms with Gasteiger partial charge in [0.05, 0.1) is 6.10 Å². The first-order valence-electron chi connectivity index (χ1n) is 9.12. The molecular formula is C20H26O3S. The Bertz CT molecular complexity index is 666. The van der Waals surface area contributed by atoms with Gasteiger partial charge in [-0.1, -0.05) is 25.5 Å². The third-order valence-corrected chi connectivity index (χ3v) is 8.10. The van der Waals surface area contributed by atoms with Crippen LogP contribution in [-0.2, 0) is 9.59 Å². The zero-order chi connectivity index (χ0) is 17.3. The Morgan fingerprint density at radius 3 is 2.75 bits per heavy atom. The maximum absolute atomic E-state index is 12.0. The topological polar surface area (TPSA) is 54.4 Å². The standard InChI is InChI=1S/C20H26O3S/c1-19-8-7-12(21)9-11(19)3-4-13-14-5-6-15(18(23)24)20(14,2)10-16(22)17(13)19/h7-9,13-17,22H,3-6,10H2,1-2H3,(H,23,24). The van der Waals surface area contributed by atoms with Crippen molar-refractivity contribution in [3.05, 3.63) is 23.8 Å². The summed E-state index contributed by atoms with van der Waals surface area (Å²) in [5, 5.41) is 11.1. The fourth-order valence-corrected chi connectivity index (χ4v) is 7.16. The van der Waals surface area contributed by atoms with E-state index in [1.54, 1.807) is 12.2 Å². The molecule has 0 aromatic carbocycles. The normalized spacial score (nSPS) is 49.9. The molecule has 4 aliphatic carbocycles. The largest absolute Gasteiger partial charge is 0.393 e. The lowest BCUT2D eigenvalue weighted by Gasteiger charge is -2.58. The van der Waals surface area contributed by atoms with Crippen LogP contribution < -0.4 is 0 Å². The summed E-state index contributed by atoms with van der Waals surface area (Å²) >= 11 is 4.13. The molecule has 7 unspecified atom stereocenters. The molecule has 0 saturated heterocycles. The predicted octanol–water partition coefficient (Wildman–Crippen LogP) is 3.34. The van der Waals surface area contributed by atoms with Gasteiger partial charge in [-0.15, -0.1) is 12.6 Å². The van der Waals surface area contributed by atoms with Gasteiger partial charge in [-0.2, -0.15) is 0 Å². The molecule has 0 bridgehead atoms. The number of fused-ring (bicyclic) bond motifs is 5. The van der Waals surface area contributed by atoms with Crippen LogP contribution in [0.4, 0.5) is 0 Å². The van der Waals surface area contributed by atoms with Crippen molar-refractivity contribution >= 4 is 23.5 Å². The second-order valence-electron chi connectivity index (χ2n) is 8.77. The summed E-state index contributed by atoms with van der Waals surface area (Å²) in [7, 11) is 0. The second kappa shape index (κ2) is 5.31. The number of carbonyl (C=O) groups excluding carboxylic acids is 2. The van der Waals surface area contributed by atoms with Gasteiger partial charge in [-0.05, 0) is 61.5 Å². The van der Waals surface area contributed by atoms with Crippen molar-refractivity contribution in [3.63, 3.8) is 0 Å². The van der Waals surface area contributed by atoms with Gasteiger partial charge >= 0.3 is 0 Å². The minimum atomic E-state index is -0.434. The van der Waals surface area contributed by atoms with Crippen molar-refractivity contribution in [1.29, 1.82) is 0 Å². The molecular weight excluding hydrogens is 320 g/mol. The second-order valence-corrected chi connectivity index (χ2v) is 9.21. The average Bonchev–Trinajstić information content (AvgIpc) is 2.84. The van der Waals surface area contributed by atoms with E-state index in [-0.39, 0.29) is 33.6 Å². The van der Waals surface area contributed by atoms with Gasteiger partial charge in [-0.25, -0.2) is 0 Å². The van der Waals surface area contributed by atoms with E-state index in [2.05, 4.69) is 26.5 Å². The number of thiol groups is 1. The highest BCUT2D eigenvalue weighted by atomic mass is 32.1.